The number of methoxy groups -OCH3 is 1. The third-order valence-corrected chi connectivity index (χ3v) is 2.56. The van der Waals surface area contributed by atoms with Crippen molar-refractivity contribution in [3.63, 3.8) is 0 Å². The molecule has 17 heavy (non-hydrogen) atoms. The topological polar surface area (TPSA) is 51.4 Å². The van der Waals surface area contributed by atoms with E-state index in [0.717, 1.165) is 17.3 Å². The minimum atomic E-state index is 0.660. The number of benzene rings is 1. The Balaban J connectivity index is 2.29. The summed E-state index contributed by atoms with van der Waals surface area (Å²) < 4.78 is 5.19. The Morgan fingerprint density at radius 1 is 1.24 bits per heavy atom. The standard InChI is InChI=1S/C13H15N3O/c1-16(13-7-6-10(14)9-15-13)11-4-3-5-12(8-11)17-2/h3-9H,14H2,1-2H3. The summed E-state index contributed by atoms with van der Waals surface area (Å²) in [4.78, 5) is 6.24. The van der Waals surface area contributed by atoms with Gasteiger partial charge in [-0.15, -0.1) is 0 Å². The minimum Gasteiger partial charge on any atom is -0.497 e. The number of nitrogens with zero attached hydrogens (tertiary/aromatic N) is 2. The number of anilines is 3. The maximum Gasteiger partial charge on any atom is 0.132 e. The van der Waals surface area contributed by atoms with Gasteiger partial charge in [-0.1, -0.05) is 6.07 Å². The molecular formula is C13H15N3O. The second-order valence-electron chi connectivity index (χ2n) is 3.71. The zero-order valence-corrected chi connectivity index (χ0v) is 9.92. The molecule has 0 atom stereocenters. The molecule has 0 saturated heterocycles. The Labute approximate surface area is 101 Å². The van der Waals surface area contributed by atoms with E-state index in [1.807, 2.05) is 48.3 Å². The molecule has 2 N–H and O–H groups in total. The van der Waals surface area contributed by atoms with Crippen LogP contribution >= 0.6 is 0 Å². The summed E-state index contributed by atoms with van der Waals surface area (Å²) >= 11 is 0. The van der Waals surface area contributed by atoms with Gasteiger partial charge in [-0.25, -0.2) is 4.98 Å². The van der Waals surface area contributed by atoms with Gasteiger partial charge >= 0.3 is 0 Å². The first-order chi connectivity index (χ1) is 8.20. The number of nitrogens with two attached hydrogens (primary N) is 1. The van der Waals surface area contributed by atoms with Crippen LogP contribution < -0.4 is 15.4 Å². The first kappa shape index (κ1) is 11.3. The molecule has 2 rings (SSSR count). The lowest BCUT2D eigenvalue weighted by atomic mass is 10.2. The van der Waals surface area contributed by atoms with E-state index in [4.69, 9.17) is 10.5 Å². The molecule has 88 valence electrons. The van der Waals surface area contributed by atoms with Gasteiger partial charge in [0.2, 0.25) is 0 Å². The number of ether oxygens (including phenoxy) is 1. The van der Waals surface area contributed by atoms with Crippen LogP contribution in [0.4, 0.5) is 17.2 Å². The van der Waals surface area contributed by atoms with Gasteiger partial charge in [-0.05, 0) is 24.3 Å². The number of nitrogen functional groups attached to an aromatic ring is 1. The van der Waals surface area contributed by atoms with Crippen LogP contribution in [-0.4, -0.2) is 19.1 Å². The highest BCUT2D eigenvalue weighted by Crippen LogP contribution is 2.25. The molecule has 4 nitrogen and oxygen atoms in total. The summed E-state index contributed by atoms with van der Waals surface area (Å²) in [5.41, 5.74) is 7.29. The van der Waals surface area contributed by atoms with Crippen molar-refractivity contribution in [3.8, 4) is 5.75 Å². The highest BCUT2D eigenvalue weighted by atomic mass is 16.5. The van der Waals surface area contributed by atoms with Crippen molar-refractivity contribution in [2.75, 3.05) is 24.8 Å². The maximum atomic E-state index is 5.61. The summed E-state index contributed by atoms with van der Waals surface area (Å²) in [6, 6.07) is 11.5. The Bertz CT molecular complexity index is 496. The van der Waals surface area contributed by atoms with Gasteiger partial charge in [-0.2, -0.15) is 0 Å². The number of rotatable bonds is 3. The molecule has 1 aromatic heterocycles. The van der Waals surface area contributed by atoms with E-state index in [-0.39, 0.29) is 0 Å². The van der Waals surface area contributed by atoms with E-state index in [0.29, 0.717) is 5.69 Å². The van der Waals surface area contributed by atoms with Gasteiger partial charge in [0, 0.05) is 18.8 Å². The number of hydrogen-bond donors (Lipinski definition) is 1. The lowest BCUT2D eigenvalue weighted by Crippen LogP contribution is -2.11. The molecule has 0 amide bonds. The van der Waals surface area contributed by atoms with Crippen molar-refractivity contribution in [3.05, 3.63) is 42.6 Å². The largest absolute Gasteiger partial charge is 0.497 e. The summed E-state index contributed by atoms with van der Waals surface area (Å²) in [7, 11) is 3.61. The Kier molecular flexibility index (Phi) is 3.14. The van der Waals surface area contributed by atoms with Crippen molar-refractivity contribution in [2.45, 2.75) is 0 Å². The molecule has 4 heteroatoms. The van der Waals surface area contributed by atoms with Gasteiger partial charge in [0.15, 0.2) is 0 Å². The van der Waals surface area contributed by atoms with Gasteiger partial charge in [0.05, 0.1) is 19.0 Å². The van der Waals surface area contributed by atoms with Crippen LogP contribution in [-0.2, 0) is 0 Å². The summed E-state index contributed by atoms with van der Waals surface area (Å²) in [6.45, 7) is 0. The zero-order chi connectivity index (χ0) is 12.3. The van der Waals surface area contributed by atoms with Crippen LogP contribution in [0.15, 0.2) is 42.6 Å². The highest BCUT2D eigenvalue weighted by molar-refractivity contribution is 5.61. The minimum absolute atomic E-state index is 0.660. The first-order valence-electron chi connectivity index (χ1n) is 5.30. The predicted octanol–water partition coefficient (Wildman–Crippen LogP) is 2.44. The Morgan fingerprint density at radius 3 is 2.71 bits per heavy atom. The van der Waals surface area contributed by atoms with Crippen LogP contribution in [0.1, 0.15) is 0 Å². The van der Waals surface area contributed by atoms with Crippen LogP contribution in [0.25, 0.3) is 0 Å². The number of pyridine rings is 1. The molecule has 0 aliphatic rings. The van der Waals surface area contributed by atoms with E-state index in [1.165, 1.54) is 0 Å². The maximum absolute atomic E-state index is 5.61. The normalized spacial score (nSPS) is 10.0. The summed E-state index contributed by atoms with van der Waals surface area (Å²) in [6.07, 6.45) is 1.64. The predicted molar refractivity (Wildman–Crippen MR) is 69.7 cm³/mol. The quantitative estimate of drug-likeness (QED) is 0.878. The van der Waals surface area contributed by atoms with Crippen molar-refractivity contribution >= 4 is 17.2 Å². The molecule has 0 aliphatic carbocycles. The summed E-state index contributed by atoms with van der Waals surface area (Å²) in [5.74, 6) is 1.66. The molecule has 0 aliphatic heterocycles. The van der Waals surface area contributed by atoms with Gasteiger partial charge in [0.1, 0.15) is 11.6 Å². The monoisotopic (exact) mass is 229 g/mol. The average Bonchev–Trinajstić information content (AvgIpc) is 2.39. The van der Waals surface area contributed by atoms with Crippen molar-refractivity contribution in [1.29, 1.82) is 0 Å². The van der Waals surface area contributed by atoms with E-state index >= 15 is 0 Å². The fourth-order valence-corrected chi connectivity index (χ4v) is 1.55. The van der Waals surface area contributed by atoms with Crippen LogP contribution in [0.2, 0.25) is 0 Å². The van der Waals surface area contributed by atoms with Gasteiger partial charge < -0.3 is 15.4 Å². The number of hydrogen-bond acceptors (Lipinski definition) is 4. The molecule has 0 unspecified atom stereocenters. The Morgan fingerprint density at radius 2 is 2.06 bits per heavy atom. The molecule has 0 fully saturated rings. The van der Waals surface area contributed by atoms with Crippen LogP contribution in [0.3, 0.4) is 0 Å². The molecule has 1 aromatic carbocycles. The zero-order valence-electron chi connectivity index (χ0n) is 9.92. The molecule has 0 saturated carbocycles. The highest BCUT2D eigenvalue weighted by Gasteiger charge is 2.05. The first-order valence-corrected chi connectivity index (χ1v) is 5.30. The fraction of sp³-hybridized carbons (Fsp3) is 0.154. The van der Waals surface area contributed by atoms with Crippen molar-refractivity contribution in [2.24, 2.45) is 0 Å². The lowest BCUT2D eigenvalue weighted by molar-refractivity contribution is 0.415. The van der Waals surface area contributed by atoms with Crippen LogP contribution in [0.5, 0.6) is 5.75 Å². The molecule has 2 aromatic rings. The third-order valence-electron chi connectivity index (χ3n) is 2.56. The lowest BCUT2D eigenvalue weighted by Gasteiger charge is -2.18. The summed E-state index contributed by atoms with van der Waals surface area (Å²) in [5, 5.41) is 0. The molecule has 0 spiro atoms. The van der Waals surface area contributed by atoms with Crippen LogP contribution in [0, 0.1) is 0 Å². The Hall–Kier alpha value is -2.23. The van der Waals surface area contributed by atoms with E-state index < -0.39 is 0 Å². The molecular weight excluding hydrogens is 214 g/mol. The average molecular weight is 229 g/mol. The second-order valence-corrected chi connectivity index (χ2v) is 3.71. The van der Waals surface area contributed by atoms with Crippen molar-refractivity contribution < 1.29 is 4.74 Å². The third kappa shape index (κ3) is 2.47. The van der Waals surface area contributed by atoms with Gasteiger partial charge in [-0.3, -0.25) is 0 Å². The molecule has 0 radical (unpaired) electrons. The van der Waals surface area contributed by atoms with E-state index in [2.05, 4.69) is 4.98 Å². The van der Waals surface area contributed by atoms with Crippen molar-refractivity contribution in [1.82, 2.24) is 4.98 Å². The SMILES string of the molecule is COc1cccc(N(C)c2ccc(N)cn2)c1. The van der Waals surface area contributed by atoms with E-state index in [1.54, 1.807) is 13.3 Å². The molecule has 0 bridgehead atoms. The number of aromatic nitrogens is 1. The molecule has 1 heterocycles. The second kappa shape index (κ2) is 4.74. The van der Waals surface area contributed by atoms with Gasteiger partial charge in [0.25, 0.3) is 0 Å². The van der Waals surface area contributed by atoms with E-state index in [9.17, 15) is 0 Å². The smallest absolute Gasteiger partial charge is 0.132 e. The fourth-order valence-electron chi connectivity index (χ4n) is 1.55.